The van der Waals surface area contributed by atoms with Crippen molar-refractivity contribution in [2.75, 3.05) is 6.54 Å². The summed E-state index contributed by atoms with van der Waals surface area (Å²) in [5.74, 6) is -0.511. The molecule has 0 bridgehead atoms. The first kappa shape index (κ1) is 12.7. The molecule has 16 heavy (non-hydrogen) atoms. The third-order valence-corrected chi connectivity index (χ3v) is 2.34. The van der Waals surface area contributed by atoms with Crippen LogP contribution in [0, 0.1) is 5.92 Å². The third kappa shape index (κ3) is 3.66. The molecule has 0 aliphatic heterocycles. The molecule has 5 heteroatoms. The predicted octanol–water partition coefficient (Wildman–Crippen LogP) is 1.06. The van der Waals surface area contributed by atoms with Gasteiger partial charge in [0.05, 0.1) is 12.1 Å². The Morgan fingerprint density at radius 2 is 2.31 bits per heavy atom. The molecule has 0 fully saturated rings. The zero-order valence-corrected chi connectivity index (χ0v) is 9.76. The lowest BCUT2D eigenvalue weighted by Gasteiger charge is -2.09. The summed E-state index contributed by atoms with van der Waals surface area (Å²) in [6.07, 6.45) is 1.91. The van der Waals surface area contributed by atoms with Crippen LogP contribution in [0.3, 0.4) is 0 Å². The van der Waals surface area contributed by atoms with Gasteiger partial charge in [-0.15, -0.1) is 0 Å². The number of nitrogens with two attached hydrogens (primary N) is 1. The molecular weight excluding hydrogens is 206 g/mol. The second-order valence-corrected chi connectivity index (χ2v) is 4.39. The van der Waals surface area contributed by atoms with Crippen molar-refractivity contribution in [3.8, 4) is 0 Å². The van der Waals surface area contributed by atoms with Crippen LogP contribution < -0.4 is 5.73 Å². The van der Waals surface area contributed by atoms with Gasteiger partial charge in [-0.1, -0.05) is 13.8 Å². The van der Waals surface area contributed by atoms with E-state index in [1.54, 1.807) is 0 Å². The third-order valence-electron chi connectivity index (χ3n) is 2.34. The Morgan fingerprint density at radius 1 is 1.62 bits per heavy atom. The van der Waals surface area contributed by atoms with Crippen molar-refractivity contribution in [2.45, 2.75) is 32.7 Å². The fourth-order valence-electron chi connectivity index (χ4n) is 1.59. The molecule has 1 heterocycles. The Hall–Kier alpha value is -1.36. The fraction of sp³-hybridized carbons (Fsp3) is 0.636. The van der Waals surface area contributed by atoms with Crippen LogP contribution in [0.4, 0.5) is 0 Å². The van der Waals surface area contributed by atoms with Crippen LogP contribution in [0.5, 0.6) is 0 Å². The summed E-state index contributed by atoms with van der Waals surface area (Å²) in [5.41, 5.74) is 6.32. The fourth-order valence-corrected chi connectivity index (χ4v) is 1.59. The average Bonchev–Trinajstić information content (AvgIpc) is 2.61. The van der Waals surface area contributed by atoms with Crippen molar-refractivity contribution in [3.63, 3.8) is 0 Å². The van der Waals surface area contributed by atoms with Crippen LogP contribution >= 0.6 is 0 Å². The van der Waals surface area contributed by atoms with E-state index in [4.69, 9.17) is 10.8 Å². The van der Waals surface area contributed by atoms with Gasteiger partial charge in [-0.3, -0.25) is 9.48 Å². The standard InChI is InChI=1S/C11H19N3O2/c1-8(2)7-14-4-3-10(13-14)9(6-12)5-11(15)16/h3-4,8-9H,5-7,12H2,1-2H3,(H,15,16). The zero-order chi connectivity index (χ0) is 12.1. The number of aliphatic carboxylic acids is 1. The monoisotopic (exact) mass is 225 g/mol. The normalized spacial score (nSPS) is 13.0. The Bertz CT molecular complexity index is 347. The van der Waals surface area contributed by atoms with Crippen molar-refractivity contribution < 1.29 is 9.90 Å². The first-order valence-electron chi connectivity index (χ1n) is 5.48. The minimum atomic E-state index is -0.839. The van der Waals surface area contributed by atoms with Crippen molar-refractivity contribution in [3.05, 3.63) is 18.0 Å². The molecule has 5 nitrogen and oxygen atoms in total. The van der Waals surface area contributed by atoms with E-state index in [0.29, 0.717) is 12.5 Å². The average molecular weight is 225 g/mol. The summed E-state index contributed by atoms with van der Waals surface area (Å²) in [7, 11) is 0. The lowest BCUT2D eigenvalue weighted by atomic mass is 10.0. The van der Waals surface area contributed by atoms with Crippen LogP contribution in [-0.2, 0) is 11.3 Å². The second kappa shape index (κ2) is 5.65. The number of carboxylic acids is 1. The van der Waals surface area contributed by atoms with E-state index in [2.05, 4.69) is 18.9 Å². The Balaban J connectivity index is 2.70. The minimum Gasteiger partial charge on any atom is -0.481 e. The van der Waals surface area contributed by atoms with Crippen molar-refractivity contribution in [2.24, 2.45) is 11.7 Å². The molecule has 0 aliphatic carbocycles. The van der Waals surface area contributed by atoms with Gasteiger partial charge in [0.15, 0.2) is 0 Å². The van der Waals surface area contributed by atoms with Crippen molar-refractivity contribution in [1.29, 1.82) is 0 Å². The highest BCUT2D eigenvalue weighted by atomic mass is 16.4. The van der Waals surface area contributed by atoms with Gasteiger partial charge in [-0.2, -0.15) is 5.10 Å². The SMILES string of the molecule is CC(C)Cn1ccc(C(CN)CC(=O)O)n1. The van der Waals surface area contributed by atoms with Crippen LogP contribution in [0.25, 0.3) is 0 Å². The molecule has 0 saturated heterocycles. The topological polar surface area (TPSA) is 81.1 Å². The number of hydrogen-bond acceptors (Lipinski definition) is 3. The van der Waals surface area contributed by atoms with Crippen molar-refractivity contribution in [1.82, 2.24) is 9.78 Å². The molecule has 0 amide bonds. The maximum absolute atomic E-state index is 10.6. The highest BCUT2D eigenvalue weighted by Crippen LogP contribution is 2.16. The van der Waals surface area contributed by atoms with E-state index in [1.807, 2.05) is 16.9 Å². The molecule has 0 aromatic carbocycles. The molecule has 1 atom stereocenters. The molecule has 0 aliphatic rings. The van der Waals surface area contributed by atoms with E-state index in [9.17, 15) is 4.79 Å². The summed E-state index contributed by atoms with van der Waals surface area (Å²) in [4.78, 5) is 10.6. The van der Waals surface area contributed by atoms with E-state index >= 15 is 0 Å². The maximum Gasteiger partial charge on any atom is 0.304 e. The summed E-state index contributed by atoms with van der Waals surface area (Å²) in [6, 6.07) is 1.85. The lowest BCUT2D eigenvalue weighted by Crippen LogP contribution is -2.17. The Morgan fingerprint density at radius 3 is 2.81 bits per heavy atom. The largest absolute Gasteiger partial charge is 0.481 e. The first-order valence-corrected chi connectivity index (χ1v) is 5.48. The number of nitrogens with zero attached hydrogens (tertiary/aromatic N) is 2. The number of carbonyl (C=O) groups is 1. The van der Waals surface area contributed by atoms with E-state index in [-0.39, 0.29) is 12.3 Å². The first-order chi connectivity index (χ1) is 7.52. The molecule has 3 N–H and O–H groups in total. The summed E-state index contributed by atoms with van der Waals surface area (Å²) >= 11 is 0. The molecule has 0 saturated carbocycles. The van der Waals surface area contributed by atoms with Gasteiger partial charge < -0.3 is 10.8 Å². The van der Waals surface area contributed by atoms with E-state index in [1.165, 1.54) is 0 Å². The van der Waals surface area contributed by atoms with Crippen LogP contribution in [-0.4, -0.2) is 27.4 Å². The summed E-state index contributed by atoms with van der Waals surface area (Å²) in [6.45, 7) is 5.37. The van der Waals surface area contributed by atoms with Gasteiger partial charge in [-0.25, -0.2) is 0 Å². The molecule has 1 unspecified atom stereocenters. The van der Waals surface area contributed by atoms with Crippen LogP contribution in [0.2, 0.25) is 0 Å². The van der Waals surface area contributed by atoms with Gasteiger partial charge in [0.1, 0.15) is 0 Å². The quantitative estimate of drug-likeness (QED) is 0.758. The number of hydrogen-bond donors (Lipinski definition) is 2. The molecule has 1 aromatic heterocycles. The molecule has 0 radical (unpaired) electrons. The number of aromatic nitrogens is 2. The van der Waals surface area contributed by atoms with E-state index < -0.39 is 5.97 Å². The van der Waals surface area contributed by atoms with Gasteiger partial charge in [0, 0.05) is 25.2 Å². The molecular formula is C11H19N3O2. The predicted molar refractivity (Wildman–Crippen MR) is 61.1 cm³/mol. The zero-order valence-electron chi connectivity index (χ0n) is 9.76. The highest BCUT2D eigenvalue weighted by molar-refractivity contribution is 5.67. The van der Waals surface area contributed by atoms with E-state index in [0.717, 1.165) is 12.2 Å². The molecule has 0 spiro atoms. The van der Waals surface area contributed by atoms with Gasteiger partial charge in [-0.05, 0) is 12.0 Å². The number of carboxylic acid groups (broad SMARTS) is 1. The Kier molecular flexibility index (Phi) is 4.49. The molecule has 1 rings (SSSR count). The second-order valence-electron chi connectivity index (χ2n) is 4.39. The minimum absolute atomic E-state index is 0.0369. The van der Waals surface area contributed by atoms with Gasteiger partial charge >= 0.3 is 5.97 Å². The lowest BCUT2D eigenvalue weighted by molar-refractivity contribution is -0.137. The van der Waals surface area contributed by atoms with Gasteiger partial charge in [0.2, 0.25) is 0 Å². The van der Waals surface area contributed by atoms with Crippen LogP contribution in [0.1, 0.15) is 31.9 Å². The smallest absolute Gasteiger partial charge is 0.304 e. The molecule has 1 aromatic rings. The Labute approximate surface area is 95.3 Å². The van der Waals surface area contributed by atoms with Crippen LogP contribution in [0.15, 0.2) is 12.3 Å². The summed E-state index contributed by atoms with van der Waals surface area (Å²) in [5, 5.41) is 13.1. The van der Waals surface area contributed by atoms with Crippen molar-refractivity contribution >= 4 is 5.97 Å². The van der Waals surface area contributed by atoms with Gasteiger partial charge in [0.25, 0.3) is 0 Å². The highest BCUT2D eigenvalue weighted by Gasteiger charge is 2.16. The summed E-state index contributed by atoms with van der Waals surface area (Å²) < 4.78 is 1.84. The maximum atomic E-state index is 10.6. The number of rotatable bonds is 6. The molecule has 90 valence electrons.